The van der Waals surface area contributed by atoms with E-state index < -0.39 is 12.1 Å². The molecular formula is C18H19ClFN3O2. The van der Waals surface area contributed by atoms with Crippen molar-refractivity contribution in [2.24, 2.45) is 0 Å². The smallest absolute Gasteiger partial charge is 0.215 e. The van der Waals surface area contributed by atoms with Crippen molar-refractivity contribution in [3.63, 3.8) is 0 Å². The zero-order chi connectivity index (χ0) is 18.0. The van der Waals surface area contributed by atoms with Gasteiger partial charge in [-0.1, -0.05) is 23.7 Å². The number of halogens is 2. The lowest BCUT2D eigenvalue weighted by Crippen LogP contribution is -2.33. The van der Waals surface area contributed by atoms with E-state index in [2.05, 4.69) is 10.3 Å². The fraction of sp³-hybridized carbons (Fsp3) is 0.278. The number of methoxy groups -OCH3 is 1. The molecule has 5 nitrogen and oxygen atoms in total. The Kier molecular flexibility index (Phi) is 5.22. The Hall–Kier alpha value is -2.15. The molecule has 1 aromatic carbocycles. The lowest BCUT2D eigenvalue weighted by atomic mass is 10.0. The Bertz CT molecular complexity index is 884. The van der Waals surface area contributed by atoms with Gasteiger partial charge in [-0.15, -0.1) is 0 Å². The van der Waals surface area contributed by atoms with Gasteiger partial charge in [-0.2, -0.15) is 4.98 Å². The van der Waals surface area contributed by atoms with Crippen LogP contribution < -0.4 is 10.1 Å². The quantitative estimate of drug-likeness (QED) is 0.661. The molecule has 0 aliphatic heterocycles. The molecule has 0 spiro atoms. The van der Waals surface area contributed by atoms with E-state index in [0.717, 1.165) is 5.39 Å². The van der Waals surface area contributed by atoms with Gasteiger partial charge < -0.3 is 19.7 Å². The van der Waals surface area contributed by atoms with Gasteiger partial charge in [-0.3, -0.25) is 0 Å². The molecule has 7 heteroatoms. The fourth-order valence-electron chi connectivity index (χ4n) is 3.04. The second-order valence-corrected chi connectivity index (χ2v) is 6.10. The highest BCUT2D eigenvalue weighted by molar-refractivity contribution is 6.34. The summed E-state index contributed by atoms with van der Waals surface area (Å²) in [5.74, 6) is 0.0508. The number of rotatable bonds is 6. The Morgan fingerprint density at radius 1 is 1.36 bits per heavy atom. The summed E-state index contributed by atoms with van der Waals surface area (Å²) in [5, 5.41) is 14.7. The maximum Gasteiger partial charge on any atom is 0.215 e. The van der Waals surface area contributed by atoms with Crippen molar-refractivity contribution in [2.75, 3.05) is 20.7 Å². The van der Waals surface area contributed by atoms with Crippen LogP contribution in [0.25, 0.3) is 10.9 Å². The molecule has 2 heterocycles. The molecule has 2 N–H and O–H groups in total. The van der Waals surface area contributed by atoms with Crippen LogP contribution in [0.1, 0.15) is 11.6 Å². The number of fused-ring (bicyclic) bond motifs is 1. The van der Waals surface area contributed by atoms with Crippen molar-refractivity contribution in [1.29, 1.82) is 0 Å². The summed E-state index contributed by atoms with van der Waals surface area (Å²) in [5.41, 5.74) is 1.30. The number of benzene rings is 1. The first-order chi connectivity index (χ1) is 12.0. The van der Waals surface area contributed by atoms with Gasteiger partial charge in [0.15, 0.2) is 5.15 Å². The van der Waals surface area contributed by atoms with Crippen molar-refractivity contribution in [3.05, 3.63) is 59.1 Å². The molecule has 0 bridgehead atoms. The predicted molar refractivity (Wildman–Crippen MR) is 95.8 cm³/mol. The summed E-state index contributed by atoms with van der Waals surface area (Å²) in [7, 11) is 3.27. The van der Waals surface area contributed by atoms with Crippen molar-refractivity contribution in [3.8, 4) is 5.88 Å². The number of ether oxygens (including phenoxy) is 1. The summed E-state index contributed by atoms with van der Waals surface area (Å²) in [6, 6.07) is 9.31. The summed E-state index contributed by atoms with van der Waals surface area (Å²) < 4.78 is 20.7. The minimum Gasteiger partial charge on any atom is -0.481 e. The third kappa shape index (κ3) is 3.46. The number of aromatic nitrogens is 2. The number of likely N-dealkylation sites (N-methyl/N-ethyl adjacent to an activating group) is 1. The lowest BCUT2D eigenvalue weighted by molar-refractivity contribution is 0.132. The van der Waals surface area contributed by atoms with Crippen LogP contribution in [0.3, 0.4) is 0 Å². The van der Waals surface area contributed by atoms with Crippen molar-refractivity contribution in [1.82, 2.24) is 14.9 Å². The topological polar surface area (TPSA) is 59.3 Å². The lowest BCUT2D eigenvalue weighted by Gasteiger charge is -2.26. The Morgan fingerprint density at radius 2 is 2.16 bits per heavy atom. The largest absolute Gasteiger partial charge is 0.481 e. The van der Waals surface area contributed by atoms with Crippen LogP contribution in [-0.4, -0.2) is 41.5 Å². The van der Waals surface area contributed by atoms with Crippen LogP contribution >= 0.6 is 11.6 Å². The van der Waals surface area contributed by atoms with Gasteiger partial charge in [0, 0.05) is 24.2 Å². The van der Waals surface area contributed by atoms with E-state index in [1.807, 2.05) is 16.8 Å². The maximum absolute atomic E-state index is 13.7. The van der Waals surface area contributed by atoms with Crippen LogP contribution in [0, 0.1) is 5.82 Å². The van der Waals surface area contributed by atoms with E-state index >= 15 is 0 Å². The van der Waals surface area contributed by atoms with E-state index in [-0.39, 0.29) is 11.0 Å². The van der Waals surface area contributed by atoms with Crippen LogP contribution in [0.5, 0.6) is 5.88 Å². The first-order valence-electron chi connectivity index (χ1n) is 7.84. The van der Waals surface area contributed by atoms with Gasteiger partial charge in [0.25, 0.3) is 0 Å². The van der Waals surface area contributed by atoms with Gasteiger partial charge >= 0.3 is 0 Å². The molecule has 0 fully saturated rings. The first-order valence-corrected chi connectivity index (χ1v) is 8.22. The summed E-state index contributed by atoms with van der Waals surface area (Å²) in [6.07, 6.45) is 1.02. The minimum absolute atomic E-state index is 0.261. The molecule has 2 atom stereocenters. The number of hydrogen-bond acceptors (Lipinski definition) is 4. The third-order valence-corrected chi connectivity index (χ3v) is 4.37. The Morgan fingerprint density at radius 3 is 2.84 bits per heavy atom. The molecule has 2 aromatic heterocycles. The van der Waals surface area contributed by atoms with Crippen molar-refractivity contribution in [2.45, 2.75) is 12.1 Å². The van der Waals surface area contributed by atoms with Gasteiger partial charge in [-0.05, 0) is 30.8 Å². The molecular weight excluding hydrogens is 345 g/mol. The number of aliphatic hydroxyl groups excluding tert-OH is 1. The van der Waals surface area contributed by atoms with E-state index in [1.165, 1.54) is 19.2 Å². The summed E-state index contributed by atoms with van der Waals surface area (Å²) >= 11 is 6.35. The zero-order valence-electron chi connectivity index (χ0n) is 13.9. The number of nitrogens with one attached hydrogen (secondary N) is 1. The average Bonchev–Trinajstić information content (AvgIpc) is 2.99. The normalized spacial score (nSPS) is 13.8. The molecule has 0 saturated carbocycles. The van der Waals surface area contributed by atoms with E-state index in [0.29, 0.717) is 23.5 Å². The number of hydrogen-bond donors (Lipinski definition) is 2. The Balaban J connectivity index is 2.18. The molecule has 0 amide bonds. The average molecular weight is 364 g/mol. The monoisotopic (exact) mass is 363 g/mol. The number of aliphatic hydroxyl groups is 1. The zero-order valence-corrected chi connectivity index (χ0v) is 14.7. The molecule has 0 saturated heterocycles. The number of nitrogens with zero attached hydrogens (tertiary/aromatic N) is 2. The predicted octanol–water partition coefficient (Wildman–Crippen LogP) is 3.01. The van der Waals surface area contributed by atoms with Crippen molar-refractivity contribution < 1.29 is 14.2 Å². The van der Waals surface area contributed by atoms with Crippen LogP contribution in [0.4, 0.5) is 4.39 Å². The molecule has 0 unspecified atom stereocenters. The van der Waals surface area contributed by atoms with Gasteiger partial charge in [0.1, 0.15) is 5.82 Å². The van der Waals surface area contributed by atoms with Crippen LogP contribution in [-0.2, 0) is 0 Å². The van der Waals surface area contributed by atoms with E-state index in [1.54, 1.807) is 25.2 Å². The van der Waals surface area contributed by atoms with Crippen LogP contribution in [0.2, 0.25) is 5.15 Å². The molecule has 132 valence electrons. The number of pyridine rings is 1. The molecule has 3 rings (SSSR count). The Labute approximate surface area is 150 Å². The summed E-state index contributed by atoms with van der Waals surface area (Å²) in [6.45, 7) is 0.335. The highest BCUT2D eigenvalue weighted by Crippen LogP contribution is 2.33. The van der Waals surface area contributed by atoms with E-state index in [4.69, 9.17) is 16.3 Å². The summed E-state index contributed by atoms with van der Waals surface area (Å²) in [4.78, 5) is 4.20. The first kappa shape index (κ1) is 17.7. The highest BCUT2D eigenvalue weighted by atomic mass is 35.5. The van der Waals surface area contributed by atoms with Gasteiger partial charge in [0.2, 0.25) is 5.88 Å². The minimum atomic E-state index is -0.791. The highest BCUT2D eigenvalue weighted by Gasteiger charge is 2.25. The third-order valence-electron chi connectivity index (χ3n) is 4.11. The van der Waals surface area contributed by atoms with Crippen LogP contribution in [0.15, 0.2) is 42.6 Å². The van der Waals surface area contributed by atoms with Crippen molar-refractivity contribution >= 4 is 22.5 Å². The van der Waals surface area contributed by atoms with E-state index in [9.17, 15) is 9.50 Å². The molecule has 3 aromatic rings. The standard InChI is InChI=1S/C18H19ClFN3O2/c1-21-10-14(24)16(11-4-3-5-13(20)8-11)23-7-6-12-9-15(25-2)22-18(19)17(12)23/h3-9,14,16,21,24H,10H2,1-2H3/t14-,16+/m1/s1. The maximum atomic E-state index is 13.7. The molecule has 0 aliphatic rings. The van der Waals surface area contributed by atoms with Gasteiger partial charge in [-0.25, -0.2) is 4.39 Å². The fourth-order valence-corrected chi connectivity index (χ4v) is 3.33. The molecule has 0 radical (unpaired) electrons. The SMILES string of the molecule is CNC[C@@H](O)[C@H](c1cccc(F)c1)n1ccc2cc(OC)nc(Cl)c21. The molecule has 25 heavy (non-hydrogen) atoms. The second-order valence-electron chi connectivity index (χ2n) is 5.74. The van der Waals surface area contributed by atoms with Gasteiger partial charge in [0.05, 0.1) is 24.8 Å². The molecule has 0 aliphatic carbocycles. The second kappa shape index (κ2) is 7.39.